The molecular formula is C21H22N4O3S. The Kier molecular flexibility index (Phi) is 6.33. The molecule has 7 nitrogen and oxygen atoms in total. The molecule has 0 aliphatic heterocycles. The predicted octanol–water partition coefficient (Wildman–Crippen LogP) is 4.35. The van der Waals surface area contributed by atoms with Crippen molar-refractivity contribution in [1.29, 1.82) is 0 Å². The van der Waals surface area contributed by atoms with Gasteiger partial charge in [0.15, 0.2) is 16.8 Å². The number of hydrogen-bond donors (Lipinski definition) is 1. The zero-order valence-corrected chi connectivity index (χ0v) is 17.3. The van der Waals surface area contributed by atoms with Gasteiger partial charge in [-0.15, -0.1) is 16.8 Å². The summed E-state index contributed by atoms with van der Waals surface area (Å²) in [5.74, 6) is 1.07. The fraction of sp³-hybridized carbons (Fsp3) is 0.238. The lowest BCUT2D eigenvalue weighted by Crippen LogP contribution is -2.24. The van der Waals surface area contributed by atoms with Gasteiger partial charge in [-0.25, -0.2) is 0 Å². The van der Waals surface area contributed by atoms with Gasteiger partial charge < -0.3 is 9.73 Å². The van der Waals surface area contributed by atoms with Crippen LogP contribution in [0.4, 0.5) is 5.69 Å². The van der Waals surface area contributed by atoms with E-state index in [2.05, 4.69) is 22.1 Å². The normalized spacial score (nSPS) is 11.8. The maximum Gasteiger partial charge on any atom is 0.237 e. The molecule has 2 aromatic heterocycles. The van der Waals surface area contributed by atoms with E-state index in [-0.39, 0.29) is 11.7 Å². The molecule has 0 aliphatic carbocycles. The van der Waals surface area contributed by atoms with Crippen molar-refractivity contribution in [3.05, 3.63) is 60.6 Å². The summed E-state index contributed by atoms with van der Waals surface area (Å²) in [5, 5.41) is 11.5. The fourth-order valence-corrected chi connectivity index (χ4v) is 3.69. The maximum atomic E-state index is 12.7. The Bertz CT molecular complexity index is 1050. The fourth-order valence-electron chi connectivity index (χ4n) is 2.83. The summed E-state index contributed by atoms with van der Waals surface area (Å²) in [6.45, 7) is 9.41. The van der Waals surface area contributed by atoms with Crippen LogP contribution < -0.4 is 5.32 Å². The van der Waals surface area contributed by atoms with Crippen LogP contribution in [0.15, 0.2) is 58.8 Å². The van der Waals surface area contributed by atoms with E-state index in [0.717, 1.165) is 11.3 Å². The van der Waals surface area contributed by atoms with E-state index in [1.165, 1.54) is 18.7 Å². The van der Waals surface area contributed by atoms with E-state index in [1.807, 2.05) is 17.6 Å². The van der Waals surface area contributed by atoms with Crippen LogP contribution in [0.2, 0.25) is 0 Å². The average molecular weight is 410 g/mol. The van der Waals surface area contributed by atoms with Crippen molar-refractivity contribution in [2.75, 3.05) is 5.32 Å². The van der Waals surface area contributed by atoms with E-state index in [4.69, 9.17) is 4.42 Å². The van der Waals surface area contributed by atoms with Gasteiger partial charge in [0.2, 0.25) is 5.91 Å². The molecule has 8 heteroatoms. The number of allylic oxidation sites excluding steroid dienone is 1. The molecule has 0 spiro atoms. The molecule has 3 rings (SSSR count). The van der Waals surface area contributed by atoms with Crippen LogP contribution in [0.1, 0.15) is 30.0 Å². The number of anilines is 1. The quantitative estimate of drug-likeness (QED) is 0.337. The van der Waals surface area contributed by atoms with Gasteiger partial charge in [0.25, 0.3) is 0 Å². The first-order valence-electron chi connectivity index (χ1n) is 9.08. The summed E-state index contributed by atoms with van der Waals surface area (Å²) >= 11 is 1.29. The number of benzene rings is 1. The number of nitrogens with zero attached hydrogens (tertiary/aromatic N) is 3. The summed E-state index contributed by atoms with van der Waals surface area (Å²) in [6.07, 6.45) is 3.35. The number of carbonyl (C=O) groups excluding carboxylic acids is 2. The van der Waals surface area contributed by atoms with Gasteiger partial charge in [-0.1, -0.05) is 30.0 Å². The monoisotopic (exact) mass is 410 g/mol. The molecule has 2 heterocycles. The number of aryl methyl sites for hydroxylation is 1. The SMILES string of the molecule is C=CCn1c(S[C@@H](C)C(=O)Nc2ccccc2C(C)=O)nnc1-c1ccoc1C. The van der Waals surface area contributed by atoms with E-state index in [1.54, 1.807) is 43.5 Å². The molecule has 0 saturated heterocycles. The largest absolute Gasteiger partial charge is 0.469 e. The van der Waals surface area contributed by atoms with Gasteiger partial charge >= 0.3 is 0 Å². The van der Waals surface area contributed by atoms with Gasteiger partial charge in [-0.05, 0) is 39.0 Å². The first-order valence-corrected chi connectivity index (χ1v) is 9.96. The second kappa shape index (κ2) is 8.91. The van der Waals surface area contributed by atoms with E-state index >= 15 is 0 Å². The second-order valence-electron chi connectivity index (χ2n) is 6.45. The molecule has 0 unspecified atom stereocenters. The number of aromatic nitrogens is 3. The number of para-hydroxylation sites is 1. The highest BCUT2D eigenvalue weighted by Crippen LogP contribution is 2.29. The first kappa shape index (κ1) is 20.6. The Morgan fingerprint density at radius 2 is 2.07 bits per heavy atom. The van der Waals surface area contributed by atoms with Gasteiger partial charge in [0.05, 0.1) is 22.8 Å². The predicted molar refractivity (Wildman–Crippen MR) is 113 cm³/mol. The lowest BCUT2D eigenvalue weighted by molar-refractivity contribution is -0.115. The standard InChI is InChI=1S/C21H22N4O3S/c1-5-11-25-19(17-10-12-28-14(17)3)23-24-21(25)29-15(4)20(27)22-18-9-7-6-8-16(18)13(2)26/h5-10,12,15H,1,11H2,2-4H3,(H,22,27)/t15-/m0/s1. The van der Waals surface area contributed by atoms with Crippen molar-refractivity contribution in [3.63, 3.8) is 0 Å². The molecule has 1 aromatic carbocycles. The second-order valence-corrected chi connectivity index (χ2v) is 7.75. The van der Waals surface area contributed by atoms with E-state index in [9.17, 15) is 9.59 Å². The minimum Gasteiger partial charge on any atom is -0.469 e. The van der Waals surface area contributed by atoms with Crippen LogP contribution in [0.5, 0.6) is 0 Å². The summed E-state index contributed by atoms with van der Waals surface area (Å²) in [6, 6.07) is 8.78. The average Bonchev–Trinajstić information content (AvgIpc) is 3.28. The summed E-state index contributed by atoms with van der Waals surface area (Å²) in [4.78, 5) is 24.5. The smallest absolute Gasteiger partial charge is 0.237 e. The first-order chi connectivity index (χ1) is 13.9. The third-order valence-corrected chi connectivity index (χ3v) is 5.42. The Balaban J connectivity index is 1.80. The van der Waals surface area contributed by atoms with Crippen molar-refractivity contribution in [1.82, 2.24) is 14.8 Å². The number of carbonyl (C=O) groups is 2. The van der Waals surface area contributed by atoms with Gasteiger partial charge in [0.1, 0.15) is 5.76 Å². The highest BCUT2D eigenvalue weighted by atomic mass is 32.2. The zero-order chi connectivity index (χ0) is 21.0. The third-order valence-electron chi connectivity index (χ3n) is 4.34. The molecule has 1 atom stereocenters. The highest BCUT2D eigenvalue weighted by molar-refractivity contribution is 8.00. The number of furan rings is 1. The Morgan fingerprint density at radius 3 is 2.72 bits per heavy atom. The van der Waals surface area contributed by atoms with Crippen LogP contribution in [0, 0.1) is 6.92 Å². The molecule has 0 bridgehead atoms. The number of hydrogen-bond acceptors (Lipinski definition) is 6. The number of nitrogens with one attached hydrogen (secondary N) is 1. The molecule has 1 N–H and O–H groups in total. The van der Waals surface area contributed by atoms with E-state index < -0.39 is 5.25 Å². The number of Topliss-reactive ketones (excluding diaryl/α,β-unsaturated/α-hetero) is 1. The minimum atomic E-state index is -0.457. The van der Waals surface area contributed by atoms with Crippen LogP contribution >= 0.6 is 11.8 Å². The summed E-state index contributed by atoms with van der Waals surface area (Å²) in [7, 11) is 0. The Morgan fingerprint density at radius 1 is 1.31 bits per heavy atom. The van der Waals surface area contributed by atoms with Gasteiger partial charge in [-0.2, -0.15) is 0 Å². The maximum absolute atomic E-state index is 12.7. The number of amides is 1. The molecule has 0 radical (unpaired) electrons. The highest BCUT2D eigenvalue weighted by Gasteiger charge is 2.22. The summed E-state index contributed by atoms with van der Waals surface area (Å²) < 4.78 is 7.26. The van der Waals surface area contributed by atoms with E-state index in [0.29, 0.717) is 28.8 Å². The summed E-state index contributed by atoms with van der Waals surface area (Å²) in [5.41, 5.74) is 1.82. The molecule has 150 valence electrons. The van der Waals surface area contributed by atoms with Crippen LogP contribution in [0.25, 0.3) is 11.4 Å². The Hall–Kier alpha value is -3.13. The lowest BCUT2D eigenvalue weighted by atomic mass is 10.1. The van der Waals surface area contributed by atoms with Crippen LogP contribution in [-0.4, -0.2) is 31.7 Å². The molecule has 3 aromatic rings. The van der Waals surface area contributed by atoms with Crippen molar-refractivity contribution < 1.29 is 14.0 Å². The van der Waals surface area contributed by atoms with Gasteiger partial charge in [-0.3, -0.25) is 14.2 Å². The molecule has 1 amide bonds. The molecule has 0 saturated carbocycles. The van der Waals surface area contributed by atoms with Crippen molar-refractivity contribution in [2.45, 2.75) is 37.7 Å². The molecule has 0 aliphatic rings. The molecule has 29 heavy (non-hydrogen) atoms. The number of ketones is 1. The third kappa shape index (κ3) is 4.48. The zero-order valence-electron chi connectivity index (χ0n) is 16.5. The van der Waals surface area contributed by atoms with Crippen LogP contribution in [0.3, 0.4) is 0 Å². The van der Waals surface area contributed by atoms with Gasteiger partial charge in [0, 0.05) is 12.1 Å². The number of thioether (sulfide) groups is 1. The Labute approximate surface area is 173 Å². The van der Waals surface area contributed by atoms with Crippen LogP contribution in [-0.2, 0) is 11.3 Å². The molecular weight excluding hydrogens is 388 g/mol. The van der Waals surface area contributed by atoms with Crippen molar-refractivity contribution in [2.24, 2.45) is 0 Å². The lowest BCUT2D eigenvalue weighted by Gasteiger charge is -2.14. The number of rotatable bonds is 8. The topological polar surface area (TPSA) is 90.0 Å². The van der Waals surface area contributed by atoms with Crippen molar-refractivity contribution >= 4 is 29.1 Å². The van der Waals surface area contributed by atoms with Crippen molar-refractivity contribution in [3.8, 4) is 11.4 Å². The molecule has 0 fully saturated rings. The minimum absolute atomic E-state index is 0.105.